The van der Waals surface area contributed by atoms with E-state index in [-0.39, 0.29) is 0 Å². The molecule has 0 aliphatic heterocycles. The van der Waals surface area contributed by atoms with E-state index in [1.165, 1.54) is 82.6 Å². The standard InChI is InChI=1S/C29H45N3O/c1-3-22-10-12-23(13-11-22)21-31-28-20-25(24-14-15-24)16-17-27(28)30-19-18-29(33)32(4-2)26-8-6-5-7-9-26/h16-17,20-24,26,30H,3-15,18-19H2,1-2H3. The predicted molar refractivity (Wildman–Crippen MR) is 140 cm³/mol. The highest BCUT2D eigenvalue weighted by Gasteiger charge is 2.25. The first-order chi connectivity index (χ1) is 16.2. The van der Waals surface area contributed by atoms with Crippen molar-refractivity contribution in [2.75, 3.05) is 18.4 Å². The summed E-state index contributed by atoms with van der Waals surface area (Å²) in [5, 5.41) is 3.56. The smallest absolute Gasteiger partial charge is 0.224 e. The summed E-state index contributed by atoms with van der Waals surface area (Å²) in [5.41, 5.74) is 3.56. The monoisotopic (exact) mass is 451 g/mol. The third-order valence-electron chi connectivity index (χ3n) is 8.29. The van der Waals surface area contributed by atoms with E-state index in [1.54, 1.807) is 0 Å². The van der Waals surface area contributed by atoms with E-state index >= 15 is 0 Å². The van der Waals surface area contributed by atoms with Crippen molar-refractivity contribution in [1.29, 1.82) is 0 Å². The lowest BCUT2D eigenvalue weighted by atomic mass is 9.81. The van der Waals surface area contributed by atoms with Gasteiger partial charge in [-0.1, -0.05) is 38.7 Å². The molecule has 3 aliphatic carbocycles. The fourth-order valence-electron chi connectivity index (χ4n) is 5.89. The molecular formula is C29H45N3O. The molecule has 182 valence electrons. The average Bonchev–Trinajstić information content (AvgIpc) is 3.70. The third kappa shape index (κ3) is 6.83. The van der Waals surface area contributed by atoms with Gasteiger partial charge in [0.2, 0.25) is 5.91 Å². The molecule has 3 saturated carbocycles. The van der Waals surface area contributed by atoms with E-state index in [1.807, 2.05) is 0 Å². The van der Waals surface area contributed by atoms with Gasteiger partial charge in [0.1, 0.15) is 0 Å². The first kappa shape index (κ1) is 24.3. The van der Waals surface area contributed by atoms with Crippen molar-refractivity contribution >= 4 is 23.5 Å². The summed E-state index contributed by atoms with van der Waals surface area (Å²) in [6, 6.07) is 7.19. The second-order valence-corrected chi connectivity index (χ2v) is 10.7. The van der Waals surface area contributed by atoms with E-state index in [0.29, 0.717) is 30.8 Å². The van der Waals surface area contributed by atoms with Crippen LogP contribution in [0.15, 0.2) is 23.2 Å². The molecule has 0 bridgehead atoms. The van der Waals surface area contributed by atoms with Crippen LogP contribution < -0.4 is 5.32 Å². The molecule has 1 N–H and O–H groups in total. The van der Waals surface area contributed by atoms with Crippen LogP contribution in [0.3, 0.4) is 0 Å². The summed E-state index contributed by atoms with van der Waals surface area (Å²) in [4.78, 5) is 20.1. The first-order valence-corrected chi connectivity index (χ1v) is 13.9. The van der Waals surface area contributed by atoms with E-state index in [2.05, 4.69) is 48.5 Å². The number of aliphatic imine (C=N–C) groups is 1. The molecule has 33 heavy (non-hydrogen) atoms. The summed E-state index contributed by atoms with van der Waals surface area (Å²) in [5.74, 6) is 2.55. The maximum atomic E-state index is 12.9. The van der Waals surface area contributed by atoms with Gasteiger partial charge in [-0.2, -0.15) is 0 Å². The first-order valence-electron chi connectivity index (χ1n) is 13.9. The summed E-state index contributed by atoms with van der Waals surface area (Å²) < 4.78 is 0. The third-order valence-corrected chi connectivity index (χ3v) is 8.29. The quantitative estimate of drug-likeness (QED) is 0.375. The highest BCUT2D eigenvalue weighted by atomic mass is 16.2. The molecule has 4 nitrogen and oxygen atoms in total. The maximum Gasteiger partial charge on any atom is 0.224 e. The maximum absolute atomic E-state index is 12.9. The zero-order chi connectivity index (χ0) is 23.0. The Morgan fingerprint density at radius 2 is 1.79 bits per heavy atom. The molecule has 0 atom stereocenters. The van der Waals surface area contributed by atoms with Gasteiger partial charge < -0.3 is 10.2 Å². The normalized spacial score (nSPS) is 24.2. The van der Waals surface area contributed by atoms with Crippen molar-refractivity contribution in [2.24, 2.45) is 16.8 Å². The number of amides is 1. The highest BCUT2D eigenvalue weighted by Crippen LogP contribution is 2.42. The van der Waals surface area contributed by atoms with Gasteiger partial charge in [-0.25, -0.2) is 0 Å². The van der Waals surface area contributed by atoms with Crippen LogP contribution >= 0.6 is 0 Å². The number of benzene rings is 1. The van der Waals surface area contributed by atoms with Crippen LogP contribution in [0.1, 0.15) is 109 Å². The van der Waals surface area contributed by atoms with Gasteiger partial charge in [0.15, 0.2) is 0 Å². The number of nitrogens with one attached hydrogen (secondary N) is 1. The lowest BCUT2D eigenvalue weighted by Crippen LogP contribution is -2.41. The number of carbonyl (C=O) groups excluding carboxylic acids is 1. The molecule has 0 heterocycles. The Hall–Kier alpha value is -1.84. The molecule has 3 fully saturated rings. The fourth-order valence-corrected chi connectivity index (χ4v) is 5.89. The van der Waals surface area contributed by atoms with Crippen molar-refractivity contribution in [3.63, 3.8) is 0 Å². The van der Waals surface area contributed by atoms with Gasteiger partial charge in [0.25, 0.3) is 0 Å². The van der Waals surface area contributed by atoms with Crippen molar-refractivity contribution in [3.05, 3.63) is 23.8 Å². The Kier molecular flexibility index (Phi) is 8.86. The minimum Gasteiger partial charge on any atom is -0.383 e. The fraction of sp³-hybridized carbons (Fsp3) is 0.724. The lowest BCUT2D eigenvalue weighted by Gasteiger charge is -2.33. The molecule has 1 aromatic carbocycles. The Labute approximate surface area is 201 Å². The second kappa shape index (κ2) is 12.0. The van der Waals surface area contributed by atoms with Crippen LogP contribution in [0.5, 0.6) is 0 Å². The molecule has 4 rings (SSSR count). The Balaban J connectivity index is 1.35. The zero-order valence-electron chi connectivity index (χ0n) is 21.0. The Morgan fingerprint density at radius 3 is 2.45 bits per heavy atom. The molecule has 4 heteroatoms. The summed E-state index contributed by atoms with van der Waals surface area (Å²) >= 11 is 0. The van der Waals surface area contributed by atoms with Gasteiger partial charge in [0, 0.05) is 31.8 Å². The van der Waals surface area contributed by atoms with Crippen LogP contribution in [0.2, 0.25) is 0 Å². The molecule has 1 aromatic rings. The number of nitrogens with zero attached hydrogens (tertiary/aromatic N) is 2. The van der Waals surface area contributed by atoms with E-state index in [9.17, 15) is 4.79 Å². The number of hydrogen-bond acceptors (Lipinski definition) is 3. The number of hydrogen-bond donors (Lipinski definition) is 1. The topological polar surface area (TPSA) is 44.7 Å². The largest absolute Gasteiger partial charge is 0.383 e. The molecule has 0 radical (unpaired) electrons. The van der Waals surface area contributed by atoms with Crippen LogP contribution in [-0.4, -0.2) is 36.2 Å². The lowest BCUT2D eigenvalue weighted by molar-refractivity contribution is -0.133. The van der Waals surface area contributed by atoms with E-state index in [0.717, 1.165) is 29.8 Å². The highest BCUT2D eigenvalue weighted by molar-refractivity contribution is 5.78. The van der Waals surface area contributed by atoms with Crippen LogP contribution in [0.25, 0.3) is 0 Å². The predicted octanol–water partition coefficient (Wildman–Crippen LogP) is 7.47. The SMILES string of the molecule is CCC1CCC(C=Nc2cc(C3CC3)ccc2NCCC(=O)N(CC)C2CCCCC2)CC1. The molecule has 0 aromatic heterocycles. The van der Waals surface area contributed by atoms with Crippen molar-refractivity contribution in [2.45, 2.75) is 109 Å². The van der Waals surface area contributed by atoms with Crippen LogP contribution in [0.4, 0.5) is 11.4 Å². The van der Waals surface area contributed by atoms with Gasteiger partial charge >= 0.3 is 0 Å². The Morgan fingerprint density at radius 1 is 1.03 bits per heavy atom. The van der Waals surface area contributed by atoms with Crippen molar-refractivity contribution < 1.29 is 4.79 Å². The van der Waals surface area contributed by atoms with Gasteiger partial charge in [0.05, 0.1) is 11.4 Å². The minimum atomic E-state index is 0.296. The molecule has 0 saturated heterocycles. The van der Waals surface area contributed by atoms with Crippen LogP contribution in [-0.2, 0) is 4.79 Å². The Bertz CT molecular complexity index is 786. The number of anilines is 1. The number of rotatable bonds is 10. The van der Waals surface area contributed by atoms with E-state index in [4.69, 9.17) is 4.99 Å². The molecule has 1 amide bonds. The van der Waals surface area contributed by atoms with Crippen molar-refractivity contribution in [3.8, 4) is 0 Å². The zero-order valence-corrected chi connectivity index (χ0v) is 21.0. The number of carbonyl (C=O) groups is 1. The van der Waals surface area contributed by atoms with Gasteiger partial charge in [-0.3, -0.25) is 9.79 Å². The summed E-state index contributed by atoms with van der Waals surface area (Å²) in [7, 11) is 0. The van der Waals surface area contributed by atoms with Gasteiger partial charge in [-0.05, 0) is 93.7 Å². The minimum absolute atomic E-state index is 0.296. The molecular weight excluding hydrogens is 406 g/mol. The van der Waals surface area contributed by atoms with Crippen molar-refractivity contribution in [1.82, 2.24) is 4.90 Å². The second-order valence-electron chi connectivity index (χ2n) is 10.7. The summed E-state index contributed by atoms with van der Waals surface area (Å²) in [6.45, 7) is 5.95. The average molecular weight is 452 g/mol. The molecule has 0 spiro atoms. The van der Waals surface area contributed by atoms with Crippen LogP contribution in [0, 0.1) is 11.8 Å². The summed E-state index contributed by atoms with van der Waals surface area (Å²) in [6.07, 6.45) is 18.1. The van der Waals surface area contributed by atoms with Gasteiger partial charge in [-0.15, -0.1) is 0 Å². The molecule has 3 aliphatic rings. The van der Waals surface area contributed by atoms with E-state index < -0.39 is 0 Å². The molecule has 0 unspecified atom stereocenters.